The maximum absolute atomic E-state index is 6.25. The fourth-order valence-corrected chi connectivity index (χ4v) is 2.67. The van der Waals surface area contributed by atoms with Crippen molar-refractivity contribution in [3.8, 4) is 0 Å². The molecular weight excluding hydrogens is 268 g/mol. The molecular formula is C20H34N2. The summed E-state index contributed by atoms with van der Waals surface area (Å²) in [6.07, 6.45) is 19.6. The Hall–Kier alpha value is -1.36. The minimum absolute atomic E-state index is 1.19. The summed E-state index contributed by atoms with van der Waals surface area (Å²) >= 11 is 0. The van der Waals surface area contributed by atoms with Crippen molar-refractivity contribution in [1.29, 1.82) is 5.26 Å². The van der Waals surface area contributed by atoms with Crippen LogP contribution in [0.15, 0.2) is 24.5 Å². The van der Waals surface area contributed by atoms with Crippen LogP contribution in [0.3, 0.4) is 0 Å². The first-order chi connectivity index (χ1) is 10.9. The van der Waals surface area contributed by atoms with Gasteiger partial charge >= 0.3 is 0 Å². The maximum atomic E-state index is 6.25. The molecule has 2 heteroatoms. The van der Waals surface area contributed by atoms with Crippen molar-refractivity contribution >= 4 is 0 Å². The summed E-state index contributed by atoms with van der Waals surface area (Å²) < 4.78 is 2.38. The summed E-state index contributed by atoms with van der Waals surface area (Å²) in [4.78, 5) is 0. The lowest BCUT2D eigenvalue weighted by Gasteiger charge is -2.02. The average Bonchev–Trinajstić information content (AvgIpc) is 2.57. The van der Waals surface area contributed by atoms with Gasteiger partial charge in [0, 0.05) is 18.1 Å². The van der Waals surface area contributed by atoms with E-state index in [-0.39, 0.29) is 0 Å². The molecule has 0 unspecified atom stereocenters. The molecule has 0 aliphatic heterocycles. The van der Waals surface area contributed by atoms with E-state index in [0.717, 1.165) is 0 Å². The van der Waals surface area contributed by atoms with Gasteiger partial charge in [0.1, 0.15) is 6.54 Å². The molecule has 1 rings (SSSR count). The molecule has 0 atom stereocenters. The van der Waals surface area contributed by atoms with E-state index in [1.807, 2.05) is 0 Å². The van der Waals surface area contributed by atoms with E-state index in [4.69, 9.17) is 11.8 Å². The fraction of sp³-hybridized carbons (Fsp3) is 0.700. The smallest absolute Gasteiger partial charge is 0.171 e. The van der Waals surface area contributed by atoms with Crippen molar-refractivity contribution < 1.29 is 4.57 Å². The quantitative estimate of drug-likeness (QED) is 0.282. The minimum atomic E-state index is 1.19. The Labute approximate surface area is 138 Å². The normalized spacial score (nSPS) is 10.0. The van der Waals surface area contributed by atoms with Crippen molar-refractivity contribution in [2.45, 2.75) is 91.0 Å². The van der Waals surface area contributed by atoms with Crippen molar-refractivity contribution in [2.24, 2.45) is 0 Å². The predicted molar refractivity (Wildman–Crippen MR) is 92.8 cm³/mol. The van der Waals surface area contributed by atoms with E-state index in [0.29, 0.717) is 0 Å². The molecule has 0 aliphatic rings. The van der Waals surface area contributed by atoms with Crippen LogP contribution in [0.2, 0.25) is 0 Å². The van der Waals surface area contributed by atoms with Gasteiger partial charge in [-0.05, 0) is 25.3 Å². The first kappa shape index (κ1) is 20.6. The Morgan fingerprint density at radius 2 is 1.45 bits per heavy atom. The molecule has 0 bridgehead atoms. The number of pyridine rings is 1. The SMILES string of the molecule is CCCCCCCCCC[n+]1cccc(CCCC)c1.[C-]#N. The van der Waals surface area contributed by atoms with Gasteiger partial charge in [0.25, 0.3) is 0 Å². The summed E-state index contributed by atoms with van der Waals surface area (Å²) in [5, 5.41) is 6.25. The van der Waals surface area contributed by atoms with Gasteiger partial charge in [-0.3, -0.25) is 0 Å². The van der Waals surface area contributed by atoms with Crippen LogP contribution in [0.5, 0.6) is 0 Å². The van der Waals surface area contributed by atoms with Crippen LogP contribution in [-0.4, -0.2) is 0 Å². The molecule has 1 aromatic rings. The summed E-state index contributed by atoms with van der Waals surface area (Å²) in [5.41, 5.74) is 1.49. The van der Waals surface area contributed by atoms with E-state index >= 15 is 0 Å². The highest BCUT2D eigenvalue weighted by Crippen LogP contribution is 2.08. The topological polar surface area (TPSA) is 27.7 Å². The fourth-order valence-electron chi connectivity index (χ4n) is 2.67. The first-order valence-electron chi connectivity index (χ1n) is 9.07. The van der Waals surface area contributed by atoms with E-state index in [9.17, 15) is 0 Å². The Morgan fingerprint density at radius 3 is 2.09 bits per heavy atom. The third kappa shape index (κ3) is 11.3. The maximum Gasteiger partial charge on any atom is 0.171 e. The molecule has 0 N–H and O–H groups in total. The van der Waals surface area contributed by atoms with E-state index in [1.54, 1.807) is 0 Å². The molecule has 0 spiro atoms. The lowest BCUT2D eigenvalue weighted by molar-refractivity contribution is -0.697. The highest BCUT2D eigenvalue weighted by molar-refractivity contribution is 5.05. The van der Waals surface area contributed by atoms with Crippen molar-refractivity contribution in [3.05, 3.63) is 36.7 Å². The summed E-state index contributed by atoms with van der Waals surface area (Å²) in [5.74, 6) is 0. The standard InChI is InChI=1S/C19H34N.CN/c1-3-5-7-8-9-10-11-12-16-20-17-13-15-19(18-20)14-6-4-2;1-2/h13,15,17-18H,3-12,14,16H2,1-2H3;/q+1;-1. The van der Waals surface area contributed by atoms with Gasteiger partial charge in [-0.15, -0.1) is 0 Å². The molecule has 0 saturated heterocycles. The number of rotatable bonds is 12. The molecule has 0 amide bonds. The van der Waals surface area contributed by atoms with Crippen LogP contribution in [0.1, 0.15) is 83.6 Å². The second-order valence-corrected chi connectivity index (χ2v) is 6.03. The van der Waals surface area contributed by atoms with Crippen molar-refractivity contribution in [3.63, 3.8) is 0 Å². The zero-order valence-electron chi connectivity index (χ0n) is 14.7. The first-order valence-corrected chi connectivity index (χ1v) is 9.07. The third-order valence-corrected chi connectivity index (χ3v) is 4.01. The molecule has 2 nitrogen and oxygen atoms in total. The highest BCUT2D eigenvalue weighted by Gasteiger charge is 2.02. The molecule has 0 radical (unpaired) electrons. The van der Waals surface area contributed by atoms with Gasteiger partial charge in [0.2, 0.25) is 0 Å². The molecule has 0 saturated carbocycles. The molecule has 0 aromatic carbocycles. The number of hydrogen-bond acceptors (Lipinski definition) is 1. The Bertz CT molecular complexity index is 371. The Kier molecular flexibility index (Phi) is 15.0. The summed E-state index contributed by atoms with van der Waals surface area (Å²) in [7, 11) is 0. The van der Waals surface area contributed by atoms with Crippen molar-refractivity contribution in [2.75, 3.05) is 0 Å². The lowest BCUT2D eigenvalue weighted by atomic mass is 10.1. The molecule has 1 aromatic heterocycles. The van der Waals surface area contributed by atoms with Gasteiger partial charge in [-0.1, -0.05) is 58.8 Å². The number of hydrogen-bond donors (Lipinski definition) is 0. The van der Waals surface area contributed by atoms with Gasteiger partial charge < -0.3 is 11.8 Å². The van der Waals surface area contributed by atoms with Crippen LogP contribution in [0.25, 0.3) is 0 Å². The van der Waals surface area contributed by atoms with Gasteiger partial charge in [0.05, 0.1) is 0 Å². The van der Waals surface area contributed by atoms with E-state index in [1.165, 1.54) is 82.7 Å². The van der Waals surface area contributed by atoms with E-state index < -0.39 is 0 Å². The van der Waals surface area contributed by atoms with Crippen LogP contribution < -0.4 is 4.57 Å². The Morgan fingerprint density at radius 1 is 0.864 bits per heavy atom. The van der Waals surface area contributed by atoms with Crippen molar-refractivity contribution in [1.82, 2.24) is 0 Å². The summed E-state index contributed by atoms with van der Waals surface area (Å²) in [6.45, 7) is 10.5. The van der Waals surface area contributed by atoms with Crippen LogP contribution in [-0.2, 0) is 13.0 Å². The number of aryl methyl sites for hydroxylation is 2. The van der Waals surface area contributed by atoms with Crippen LogP contribution >= 0.6 is 0 Å². The second kappa shape index (κ2) is 16.0. The molecule has 0 fully saturated rings. The molecule has 1 heterocycles. The number of nitrogens with zero attached hydrogens (tertiary/aromatic N) is 2. The van der Waals surface area contributed by atoms with Gasteiger partial charge in [0.15, 0.2) is 12.4 Å². The third-order valence-electron chi connectivity index (χ3n) is 4.01. The highest BCUT2D eigenvalue weighted by atomic mass is 14.9. The predicted octanol–water partition coefficient (Wildman–Crippen LogP) is 5.55. The van der Waals surface area contributed by atoms with Crippen LogP contribution in [0.4, 0.5) is 0 Å². The largest absolute Gasteiger partial charge is 0.512 e. The minimum Gasteiger partial charge on any atom is -0.512 e. The van der Waals surface area contributed by atoms with E-state index in [2.05, 4.69) is 42.9 Å². The summed E-state index contributed by atoms with van der Waals surface area (Å²) in [6, 6.07) is 4.47. The average molecular weight is 303 g/mol. The lowest BCUT2D eigenvalue weighted by Crippen LogP contribution is -2.33. The zero-order chi connectivity index (χ0) is 16.5. The second-order valence-electron chi connectivity index (χ2n) is 6.03. The van der Waals surface area contributed by atoms with Crippen LogP contribution in [0, 0.1) is 11.8 Å². The molecule has 124 valence electrons. The molecule has 22 heavy (non-hydrogen) atoms. The van der Waals surface area contributed by atoms with Gasteiger partial charge in [-0.2, -0.15) is 0 Å². The number of aromatic nitrogens is 1. The Balaban J connectivity index is 0.00000211. The van der Waals surface area contributed by atoms with Gasteiger partial charge in [-0.25, -0.2) is 4.57 Å². The number of unbranched alkanes of at least 4 members (excludes halogenated alkanes) is 8. The molecule has 0 aliphatic carbocycles. The zero-order valence-corrected chi connectivity index (χ0v) is 14.7. The monoisotopic (exact) mass is 302 g/mol.